The number of aromatic amines is 1. The van der Waals surface area contributed by atoms with E-state index in [0.29, 0.717) is 24.3 Å². The predicted molar refractivity (Wildman–Crippen MR) is 85.8 cm³/mol. The summed E-state index contributed by atoms with van der Waals surface area (Å²) in [6.07, 6.45) is 0.341. The second-order valence-corrected chi connectivity index (χ2v) is 6.61. The Morgan fingerprint density at radius 1 is 1.24 bits per heavy atom. The van der Waals surface area contributed by atoms with Crippen LogP contribution < -0.4 is 11.5 Å². The van der Waals surface area contributed by atoms with Crippen molar-refractivity contribution in [1.82, 2.24) is 10.2 Å². The number of halogens is 3. The minimum absolute atomic E-state index is 0.0105. The lowest BCUT2D eigenvalue weighted by Gasteiger charge is -2.26. The number of aryl methyl sites for hydroxylation is 1. The smallest absolute Gasteiger partial charge is 0.388 e. The van der Waals surface area contributed by atoms with Crippen LogP contribution in [0.3, 0.4) is 0 Å². The highest BCUT2D eigenvalue weighted by molar-refractivity contribution is 5.55. The highest BCUT2D eigenvalue weighted by Gasteiger charge is 2.33. The summed E-state index contributed by atoms with van der Waals surface area (Å²) in [4.78, 5) is 11.1. The molecule has 0 bridgehead atoms. The van der Waals surface area contributed by atoms with E-state index < -0.39 is 17.5 Å². The molecule has 0 spiro atoms. The molecule has 25 heavy (non-hydrogen) atoms. The van der Waals surface area contributed by atoms with E-state index in [4.69, 9.17) is 10.2 Å². The normalized spacial score (nSPS) is 21.4. The summed E-state index contributed by atoms with van der Waals surface area (Å²) in [5.74, 6) is -0.355. The lowest BCUT2D eigenvalue weighted by atomic mass is 9.82. The first kappa shape index (κ1) is 17.7. The predicted octanol–water partition coefficient (Wildman–Crippen LogP) is 3.50. The van der Waals surface area contributed by atoms with Gasteiger partial charge in [-0.15, -0.1) is 5.10 Å². The minimum atomic E-state index is -4.42. The molecule has 1 aromatic heterocycles. The van der Waals surface area contributed by atoms with Gasteiger partial charge in [0.2, 0.25) is 5.89 Å². The fourth-order valence-corrected chi connectivity index (χ4v) is 3.40. The molecule has 0 amide bonds. The Hall–Kier alpha value is -2.09. The number of nitrogens with one attached hydrogen (secondary N) is 1. The maximum absolute atomic E-state index is 13.3. The number of alkyl halides is 3. The Bertz CT molecular complexity index is 774. The van der Waals surface area contributed by atoms with Gasteiger partial charge in [0, 0.05) is 11.6 Å². The third kappa shape index (κ3) is 4.31. The number of H-pyrrole nitrogens is 1. The molecule has 1 fully saturated rings. The van der Waals surface area contributed by atoms with Crippen molar-refractivity contribution in [3.8, 4) is 11.5 Å². The first-order chi connectivity index (χ1) is 11.8. The molecular weight excluding hydrogens is 335 g/mol. The topological polar surface area (TPSA) is 84.9 Å². The van der Waals surface area contributed by atoms with E-state index in [2.05, 4.69) is 10.2 Å². The van der Waals surface area contributed by atoms with Crippen molar-refractivity contribution >= 4 is 0 Å². The van der Waals surface area contributed by atoms with Gasteiger partial charge >= 0.3 is 11.9 Å². The molecule has 1 aliphatic rings. The molecule has 2 aromatic rings. The molecule has 1 heterocycles. The first-order valence-corrected chi connectivity index (χ1v) is 8.34. The van der Waals surface area contributed by atoms with Crippen LogP contribution in [0.4, 0.5) is 13.2 Å². The molecule has 1 saturated carbocycles. The Morgan fingerprint density at radius 2 is 1.96 bits per heavy atom. The number of hydrogen-bond donors (Lipinski definition) is 2. The molecule has 0 unspecified atom stereocenters. The highest BCUT2D eigenvalue weighted by atomic mass is 19.4. The van der Waals surface area contributed by atoms with E-state index in [0.717, 1.165) is 31.7 Å². The fourth-order valence-electron chi connectivity index (χ4n) is 3.40. The lowest BCUT2D eigenvalue weighted by Crippen LogP contribution is -2.26. The summed E-state index contributed by atoms with van der Waals surface area (Å²) in [5, 5.41) is 5.79. The SMILES string of the molecule is N[C@H]1CC[C@H](CCc2cc(-c3n[nH]c(=O)o3)ccc2C(F)(F)F)CC1. The van der Waals surface area contributed by atoms with Crippen LogP contribution in [-0.4, -0.2) is 16.2 Å². The molecule has 0 radical (unpaired) electrons. The number of nitrogens with zero attached hydrogens (tertiary/aromatic N) is 1. The van der Waals surface area contributed by atoms with Gasteiger partial charge in [-0.05, 0) is 68.2 Å². The molecule has 1 aromatic carbocycles. The zero-order chi connectivity index (χ0) is 18.0. The monoisotopic (exact) mass is 355 g/mol. The molecule has 0 aliphatic heterocycles. The van der Waals surface area contributed by atoms with E-state index in [1.807, 2.05) is 0 Å². The molecule has 0 atom stereocenters. The van der Waals surface area contributed by atoms with Crippen LogP contribution in [0.2, 0.25) is 0 Å². The maximum atomic E-state index is 13.3. The Balaban J connectivity index is 1.82. The minimum Gasteiger partial charge on any atom is -0.388 e. The standard InChI is InChI=1S/C17H20F3N3O2/c18-17(19,20)14-8-5-12(15-22-23-16(24)25-15)9-11(14)4-1-10-2-6-13(21)7-3-10/h5,8-10,13H,1-4,6-7,21H2,(H,23,24)/t10-,13-. The average Bonchev–Trinajstić information content (AvgIpc) is 3.00. The maximum Gasteiger partial charge on any atom is 0.434 e. The third-order valence-corrected chi connectivity index (χ3v) is 4.81. The molecule has 136 valence electrons. The Morgan fingerprint density at radius 3 is 2.56 bits per heavy atom. The van der Waals surface area contributed by atoms with Crippen molar-refractivity contribution in [3.05, 3.63) is 39.9 Å². The summed E-state index contributed by atoms with van der Waals surface area (Å²) in [6, 6.07) is 3.92. The van der Waals surface area contributed by atoms with Gasteiger partial charge in [-0.3, -0.25) is 0 Å². The van der Waals surface area contributed by atoms with E-state index >= 15 is 0 Å². The number of hydrogen-bond acceptors (Lipinski definition) is 4. The summed E-state index contributed by atoms with van der Waals surface area (Å²) < 4.78 is 44.7. The van der Waals surface area contributed by atoms with Crippen LogP contribution in [0.5, 0.6) is 0 Å². The van der Waals surface area contributed by atoms with Gasteiger partial charge in [0.05, 0.1) is 5.56 Å². The van der Waals surface area contributed by atoms with Crippen molar-refractivity contribution in [2.75, 3.05) is 0 Å². The molecule has 3 N–H and O–H groups in total. The van der Waals surface area contributed by atoms with Gasteiger partial charge in [-0.2, -0.15) is 13.2 Å². The zero-order valence-electron chi connectivity index (χ0n) is 13.6. The van der Waals surface area contributed by atoms with Gasteiger partial charge < -0.3 is 10.2 Å². The third-order valence-electron chi connectivity index (χ3n) is 4.81. The average molecular weight is 355 g/mol. The van der Waals surface area contributed by atoms with Crippen molar-refractivity contribution < 1.29 is 17.6 Å². The van der Waals surface area contributed by atoms with Crippen LogP contribution in [0.15, 0.2) is 27.4 Å². The second-order valence-electron chi connectivity index (χ2n) is 6.61. The van der Waals surface area contributed by atoms with Crippen molar-refractivity contribution in [2.45, 2.75) is 50.7 Å². The van der Waals surface area contributed by atoms with E-state index in [-0.39, 0.29) is 17.5 Å². The van der Waals surface area contributed by atoms with E-state index in [1.165, 1.54) is 12.1 Å². The molecule has 0 saturated heterocycles. The molecule has 5 nitrogen and oxygen atoms in total. The largest absolute Gasteiger partial charge is 0.434 e. The molecule has 3 rings (SSSR count). The molecule has 1 aliphatic carbocycles. The quantitative estimate of drug-likeness (QED) is 0.879. The van der Waals surface area contributed by atoms with Gasteiger partial charge in [0.25, 0.3) is 0 Å². The second kappa shape index (κ2) is 7.03. The summed E-state index contributed by atoms with van der Waals surface area (Å²) in [5.41, 5.74) is 5.78. The summed E-state index contributed by atoms with van der Waals surface area (Å²) in [6.45, 7) is 0. The summed E-state index contributed by atoms with van der Waals surface area (Å²) >= 11 is 0. The van der Waals surface area contributed by atoms with Gasteiger partial charge in [-0.1, -0.05) is 0 Å². The molecule has 8 heteroatoms. The first-order valence-electron chi connectivity index (χ1n) is 8.34. The zero-order valence-corrected chi connectivity index (χ0v) is 13.6. The number of benzene rings is 1. The van der Waals surface area contributed by atoms with Crippen LogP contribution in [0, 0.1) is 5.92 Å². The lowest BCUT2D eigenvalue weighted by molar-refractivity contribution is -0.138. The van der Waals surface area contributed by atoms with E-state index in [1.54, 1.807) is 0 Å². The number of aromatic nitrogens is 2. The van der Waals surface area contributed by atoms with Gasteiger partial charge in [0.1, 0.15) is 0 Å². The van der Waals surface area contributed by atoms with Crippen LogP contribution in [0.25, 0.3) is 11.5 Å². The van der Waals surface area contributed by atoms with E-state index in [9.17, 15) is 18.0 Å². The van der Waals surface area contributed by atoms with Crippen LogP contribution in [0.1, 0.15) is 43.2 Å². The summed E-state index contributed by atoms with van der Waals surface area (Å²) in [7, 11) is 0. The van der Waals surface area contributed by atoms with Crippen molar-refractivity contribution in [3.63, 3.8) is 0 Å². The Labute approximate surface area is 142 Å². The number of nitrogens with two attached hydrogens (primary N) is 1. The fraction of sp³-hybridized carbons (Fsp3) is 0.529. The van der Waals surface area contributed by atoms with Crippen molar-refractivity contribution in [1.29, 1.82) is 0 Å². The van der Waals surface area contributed by atoms with Crippen LogP contribution in [-0.2, 0) is 12.6 Å². The van der Waals surface area contributed by atoms with Crippen molar-refractivity contribution in [2.24, 2.45) is 11.7 Å². The highest BCUT2D eigenvalue weighted by Crippen LogP contribution is 2.36. The van der Waals surface area contributed by atoms with Gasteiger partial charge in [-0.25, -0.2) is 9.89 Å². The van der Waals surface area contributed by atoms with Crippen LogP contribution >= 0.6 is 0 Å². The number of rotatable bonds is 4. The molecular formula is C17H20F3N3O2. The van der Waals surface area contributed by atoms with Gasteiger partial charge in [0.15, 0.2) is 0 Å². The Kier molecular flexibility index (Phi) is 4.99.